The normalized spacial score (nSPS) is 32.9. The summed E-state index contributed by atoms with van der Waals surface area (Å²) in [5.74, 6) is 7.71. The second-order valence-electron chi connectivity index (χ2n) is 16.3. The Morgan fingerprint density at radius 3 is 2.58 bits per heavy atom. The van der Waals surface area contributed by atoms with Crippen LogP contribution in [0.3, 0.4) is 0 Å². The van der Waals surface area contributed by atoms with Crippen LogP contribution in [-0.2, 0) is 16.1 Å². The van der Waals surface area contributed by atoms with Crippen molar-refractivity contribution in [2.24, 2.45) is 46.8 Å². The number of benzene rings is 1. The van der Waals surface area contributed by atoms with Gasteiger partial charge in [0.05, 0.1) is 25.4 Å². The summed E-state index contributed by atoms with van der Waals surface area (Å²) < 4.78 is 12.4. The molecule has 4 aliphatic carbocycles. The lowest BCUT2D eigenvalue weighted by Gasteiger charge is -2.55. The van der Waals surface area contributed by atoms with Crippen LogP contribution >= 0.6 is 0 Å². The molecule has 0 amide bonds. The highest BCUT2D eigenvalue weighted by molar-refractivity contribution is 5.56. The van der Waals surface area contributed by atoms with Crippen LogP contribution in [0.15, 0.2) is 76.9 Å². The molecule has 1 heterocycles. The van der Waals surface area contributed by atoms with Gasteiger partial charge in [-0.1, -0.05) is 88.9 Å². The first-order valence-corrected chi connectivity index (χ1v) is 18.9. The van der Waals surface area contributed by atoms with E-state index < -0.39 is 0 Å². The molecule has 6 rings (SSSR count). The predicted molar refractivity (Wildman–Crippen MR) is 195 cm³/mol. The zero-order chi connectivity index (χ0) is 33.8. The van der Waals surface area contributed by atoms with Crippen LogP contribution in [0, 0.1) is 64.7 Å². The molecule has 1 aliphatic heterocycles. The smallest absolute Gasteiger partial charge is 0.269 e. The largest absolute Gasteiger partial charge is 0.462 e. The molecule has 254 valence electrons. The van der Waals surface area contributed by atoms with Crippen molar-refractivity contribution in [1.29, 1.82) is 5.26 Å². The average Bonchev–Trinajstić information content (AvgIpc) is 3.52. The van der Waals surface area contributed by atoms with Crippen LogP contribution in [-0.4, -0.2) is 6.10 Å². The van der Waals surface area contributed by atoms with Gasteiger partial charge in [-0.3, -0.25) is 0 Å². The van der Waals surface area contributed by atoms with Gasteiger partial charge in [-0.15, -0.1) is 0 Å². The SMILES string of the molecule is [C-]#[N+]C(C#N)=C1C=C(C)OC(C=Cc2ccc(COC3CC[C@@]4(C)C(=CC[C@H]5[C@@H]6CC[C@H]([C@H](C)CCCC(C)C)C6CC[C@@H]54)C3)cc2)=C1. The lowest BCUT2D eigenvalue weighted by molar-refractivity contribution is -0.0366. The van der Waals surface area contributed by atoms with E-state index in [1.807, 2.05) is 25.1 Å². The summed E-state index contributed by atoms with van der Waals surface area (Å²) in [6.45, 7) is 19.7. The van der Waals surface area contributed by atoms with Crippen molar-refractivity contribution in [2.45, 2.75) is 118 Å². The van der Waals surface area contributed by atoms with E-state index in [-0.39, 0.29) is 5.70 Å². The van der Waals surface area contributed by atoms with E-state index in [4.69, 9.17) is 16.0 Å². The Morgan fingerprint density at radius 2 is 1.83 bits per heavy atom. The summed E-state index contributed by atoms with van der Waals surface area (Å²) in [6, 6.07) is 10.5. The van der Waals surface area contributed by atoms with Gasteiger partial charge in [0.2, 0.25) is 0 Å². The number of allylic oxidation sites excluding steroid dienone is 7. The number of hydrogen-bond donors (Lipinski definition) is 0. The molecule has 4 nitrogen and oxygen atoms in total. The van der Waals surface area contributed by atoms with Gasteiger partial charge in [0.25, 0.3) is 5.70 Å². The summed E-state index contributed by atoms with van der Waals surface area (Å²) in [5, 5.41) is 9.24. The van der Waals surface area contributed by atoms with Crippen LogP contribution in [0.1, 0.15) is 116 Å². The van der Waals surface area contributed by atoms with Gasteiger partial charge in [0.1, 0.15) is 11.5 Å². The second kappa shape index (κ2) is 15.0. The highest BCUT2D eigenvalue weighted by Crippen LogP contribution is 2.63. The summed E-state index contributed by atoms with van der Waals surface area (Å²) in [5.41, 5.74) is 4.99. The Kier molecular flexibility index (Phi) is 10.8. The first-order chi connectivity index (χ1) is 23.2. The van der Waals surface area contributed by atoms with Crippen LogP contribution in [0.25, 0.3) is 10.9 Å². The average molecular weight is 645 g/mol. The fraction of sp³-hybridized carbons (Fsp3) is 0.591. The molecule has 0 radical (unpaired) electrons. The van der Waals surface area contributed by atoms with Gasteiger partial charge in [-0.2, -0.15) is 0 Å². The van der Waals surface area contributed by atoms with Gasteiger partial charge in [-0.25, -0.2) is 10.1 Å². The van der Waals surface area contributed by atoms with Crippen molar-refractivity contribution in [3.63, 3.8) is 0 Å². The van der Waals surface area contributed by atoms with Gasteiger partial charge < -0.3 is 9.47 Å². The molecule has 4 heteroatoms. The number of fused-ring (bicyclic) bond motifs is 5. The second-order valence-corrected chi connectivity index (χ2v) is 16.3. The summed E-state index contributed by atoms with van der Waals surface area (Å²) in [4.78, 5) is 3.33. The third-order valence-electron chi connectivity index (χ3n) is 12.9. The van der Waals surface area contributed by atoms with Gasteiger partial charge in [0.15, 0.2) is 0 Å². The number of ether oxygens (including phenoxy) is 2. The summed E-state index contributed by atoms with van der Waals surface area (Å²) in [6.07, 6.45) is 25.3. The number of nitrogens with zero attached hydrogens (tertiary/aromatic N) is 2. The molecule has 3 saturated carbocycles. The minimum atomic E-state index is 0.0709. The Balaban J connectivity index is 1.01. The molecule has 8 atom stereocenters. The molecular weight excluding hydrogens is 588 g/mol. The van der Waals surface area contributed by atoms with E-state index in [1.54, 1.807) is 17.7 Å². The first-order valence-electron chi connectivity index (χ1n) is 18.9. The molecule has 0 spiro atoms. The monoisotopic (exact) mass is 644 g/mol. The van der Waals surface area contributed by atoms with E-state index in [2.05, 4.69) is 62.9 Å². The van der Waals surface area contributed by atoms with Crippen molar-refractivity contribution in [2.75, 3.05) is 0 Å². The molecule has 1 aromatic carbocycles. The van der Waals surface area contributed by atoms with Crippen LogP contribution in [0.5, 0.6) is 0 Å². The summed E-state index contributed by atoms with van der Waals surface area (Å²) in [7, 11) is 0. The fourth-order valence-corrected chi connectivity index (χ4v) is 10.4. The fourth-order valence-electron chi connectivity index (χ4n) is 10.4. The van der Waals surface area contributed by atoms with Crippen LogP contribution in [0.2, 0.25) is 0 Å². The molecule has 0 N–H and O–H groups in total. The quantitative estimate of drug-likeness (QED) is 0.145. The molecule has 5 aliphatic rings. The molecule has 3 fully saturated rings. The maximum Gasteiger partial charge on any atom is 0.269 e. The van der Waals surface area contributed by atoms with Crippen molar-refractivity contribution in [1.82, 2.24) is 0 Å². The first kappa shape index (κ1) is 34.5. The lowest BCUT2D eigenvalue weighted by Crippen LogP contribution is -2.47. The standard InChI is InChI=1S/C44H56N2O2/c1-29(2)8-7-9-30(3)38-18-19-40-39(38)20-21-42-41(40)17-15-35-26-36(22-23-44(35,42)5)47-28-33-12-10-32(11-13-33)14-16-37-25-34(24-31(4)48-37)43(27-45)46-6/h10-16,24-25,29-30,36,38-42H,7-9,17-23,26,28H2,1-5H3/t30-,36?,38-,39?,40-,41+,42+,44+/m1/s1. The molecule has 0 bridgehead atoms. The maximum absolute atomic E-state index is 9.24. The Morgan fingerprint density at radius 1 is 1.04 bits per heavy atom. The van der Waals surface area contributed by atoms with Crippen molar-refractivity contribution in [3.8, 4) is 6.07 Å². The van der Waals surface area contributed by atoms with Crippen molar-refractivity contribution in [3.05, 3.63) is 99.5 Å². The lowest BCUT2D eigenvalue weighted by atomic mass is 9.50. The van der Waals surface area contributed by atoms with E-state index in [9.17, 15) is 5.26 Å². The van der Waals surface area contributed by atoms with Crippen LogP contribution in [0.4, 0.5) is 0 Å². The van der Waals surface area contributed by atoms with E-state index in [0.717, 1.165) is 53.4 Å². The zero-order valence-electron chi connectivity index (χ0n) is 30.0. The molecule has 1 aromatic rings. The Bertz CT molecular complexity index is 1540. The Labute approximate surface area is 290 Å². The number of hydrogen-bond acceptors (Lipinski definition) is 3. The van der Waals surface area contributed by atoms with Gasteiger partial charge in [0, 0.05) is 0 Å². The molecular formula is C44H56N2O2. The molecule has 48 heavy (non-hydrogen) atoms. The highest BCUT2D eigenvalue weighted by Gasteiger charge is 2.54. The van der Waals surface area contributed by atoms with Crippen molar-refractivity contribution >= 4 is 6.08 Å². The maximum atomic E-state index is 9.24. The van der Waals surface area contributed by atoms with Crippen molar-refractivity contribution < 1.29 is 9.47 Å². The number of nitriles is 1. The predicted octanol–water partition coefficient (Wildman–Crippen LogP) is 11.8. The third kappa shape index (κ3) is 7.45. The van der Waals surface area contributed by atoms with E-state index >= 15 is 0 Å². The minimum absolute atomic E-state index is 0.0709. The van der Waals surface area contributed by atoms with E-state index in [0.29, 0.717) is 35.2 Å². The number of rotatable bonds is 10. The van der Waals surface area contributed by atoms with Gasteiger partial charge >= 0.3 is 0 Å². The highest BCUT2D eigenvalue weighted by atomic mass is 16.5. The van der Waals surface area contributed by atoms with E-state index in [1.165, 1.54) is 69.8 Å². The molecule has 0 aromatic heterocycles. The summed E-state index contributed by atoms with van der Waals surface area (Å²) >= 11 is 0. The van der Waals surface area contributed by atoms with Gasteiger partial charge in [-0.05, 0) is 140 Å². The topological polar surface area (TPSA) is 46.6 Å². The molecule has 2 unspecified atom stereocenters. The molecule has 0 saturated heterocycles. The third-order valence-corrected chi connectivity index (χ3v) is 12.9. The van der Waals surface area contributed by atoms with Crippen LogP contribution < -0.4 is 0 Å². The minimum Gasteiger partial charge on any atom is -0.462 e. The zero-order valence-corrected chi connectivity index (χ0v) is 30.0. The Hall–Kier alpha value is -3.34.